The number of carbonyl (C=O) groups is 2. The number of aromatic nitrogens is 3. The van der Waals surface area contributed by atoms with Crippen molar-refractivity contribution in [1.82, 2.24) is 20.1 Å². The summed E-state index contributed by atoms with van der Waals surface area (Å²) < 4.78 is 7.86. The van der Waals surface area contributed by atoms with Gasteiger partial charge in [0.2, 0.25) is 5.91 Å². The van der Waals surface area contributed by atoms with Crippen LogP contribution in [0, 0.1) is 0 Å². The number of halogens is 1. The molecule has 1 aromatic heterocycles. The molecular weight excluding hydrogens is 480 g/mol. The number of ether oxygens (including phenoxy) is 1. The molecule has 31 heavy (non-hydrogen) atoms. The number of rotatable bonds is 9. The van der Waals surface area contributed by atoms with Crippen molar-refractivity contribution in [3.63, 3.8) is 0 Å². The third-order valence-electron chi connectivity index (χ3n) is 4.66. The number of nitrogens with one attached hydrogen (secondary N) is 1. The van der Waals surface area contributed by atoms with Crippen LogP contribution < -0.4 is 10.1 Å². The highest BCUT2D eigenvalue weighted by Gasteiger charge is 2.19. The summed E-state index contributed by atoms with van der Waals surface area (Å²) in [5.41, 5.74) is 1.54. The minimum Gasteiger partial charge on any atom is -0.497 e. The first-order chi connectivity index (χ1) is 14.9. The van der Waals surface area contributed by atoms with Crippen LogP contribution in [0.15, 0.2) is 58.2 Å². The van der Waals surface area contributed by atoms with Crippen molar-refractivity contribution in [3.05, 3.63) is 70.0 Å². The predicted molar refractivity (Wildman–Crippen MR) is 123 cm³/mol. The summed E-state index contributed by atoms with van der Waals surface area (Å²) in [4.78, 5) is 24.8. The lowest BCUT2D eigenvalue weighted by Crippen LogP contribution is -2.29. The molecule has 0 radical (unpaired) electrons. The van der Waals surface area contributed by atoms with Crippen LogP contribution in [0.5, 0.6) is 5.75 Å². The van der Waals surface area contributed by atoms with Crippen LogP contribution >= 0.6 is 27.7 Å². The van der Waals surface area contributed by atoms with E-state index in [0.717, 1.165) is 15.8 Å². The van der Waals surface area contributed by atoms with E-state index < -0.39 is 0 Å². The van der Waals surface area contributed by atoms with E-state index in [-0.39, 0.29) is 29.9 Å². The van der Waals surface area contributed by atoms with E-state index in [4.69, 9.17) is 4.74 Å². The molecule has 1 heterocycles. The largest absolute Gasteiger partial charge is 0.497 e. The second-order valence-electron chi connectivity index (χ2n) is 6.93. The van der Waals surface area contributed by atoms with Crippen LogP contribution in [0.25, 0.3) is 0 Å². The molecule has 7 nitrogen and oxygen atoms in total. The van der Waals surface area contributed by atoms with Crippen molar-refractivity contribution in [2.24, 2.45) is 7.05 Å². The number of hydrogen-bond acceptors (Lipinski definition) is 6. The molecule has 2 aromatic carbocycles. The Morgan fingerprint density at radius 2 is 1.81 bits per heavy atom. The quantitative estimate of drug-likeness (QED) is 0.351. The second-order valence-corrected chi connectivity index (χ2v) is 8.79. The fourth-order valence-electron chi connectivity index (χ4n) is 2.96. The molecule has 0 aliphatic heterocycles. The Kier molecular flexibility index (Phi) is 7.86. The highest BCUT2D eigenvalue weighted by atomic mass is 79.9. The van der Waals surface area contributed by atoms with Crippen molar-refractivity contribution in [2.45, 2.75) is 24.5 Å². The van der Waals surface area contributed by atoms with E-state index >= 15 is 0 Å². The average molecular weight is 503 g/mol. The van der Waals surface area contributed by atoms with Gasteiger partial charge in [-0.2, -0.15) is 0 Å². The summed E-state index contributed by atoms with van der Waals surface area (Å²) in [6.45, 7) is 1.86. The summed E-state index contributed by atoms with van der Waals surface area (Å²) in [7, 11) is 3.43. The Morgan fingerprint density at radius 3 is 2.45 bits per heavy atom. The Bertz CT molecular complexity index is 1050. The third-order valence-corrected chi connectivity index (χ3v) is 6.20. The maximum atomic E-state index is 12.4. The molecule has 0 saturated heterocycles. The number of nitrogens with zero attached hydrogens (tertiary/aromatic N) is 3. The van der Waals surface area contributed by atoms with Gasteiger partial charge in [0.25, 0.3) is 0 Å². The van der Waals surface area contributed by atoms with Crippen molar-refractivity contribution in [2.75, 3.05) is 12.9 Å². The normalized spacial score (nSPS) is 11.7. The zero-order valence-electron chi connectivity index (χ0n) is 17.5. The van der Waals surface area contributed by atoms with Gasteiger partial charge in [-0.05, 0) is 36.8 Å². The first-order valence-corrected chi connectivity index (χ1v) is 11.4. The third kappa shape index (κ3) is 6.18. The number of methoxy groups -OCH3 is 1. The van der Waals surface area contributed by atoms with Crippen LogP contribution in [0.4, 0.5) is 0 Å². The van der Waals surface area contributed by atoms with Crippen LogP contribution in [-0.4, -0.2) is 39.3 Å². The average Bonchev–Trinajstić information content (AvgIpc) is 3.13. The molecular formula is C22H23BrN4O3S. The lowest BCUT2D eigenvalue weighted by molar-refractivity contribution is -0.121. The van der Waals surface area contributed by atoms with E-state index in [1.54, 1.807) is 23.8 Å². The molecule has 0 fully saturated rings. The van der Waals surface area contributed by atoms with Gasteiger partial charge >= 0.3 is 0 Å². The van der Waals surface area contributed by atoms with Crippen LogP contribution in [0.2, 0.25) is 0 Å². The van der Waals surface area contributed by atoms with Crippen molar-refractivity contribution in [1.29, 1.82) is 0 Å². The predicted octanol–water partition coefficient (Wildman–Crippen LogP) is 3.98. The lowest BCUT2D eigenvalue weighted by Gasteiger charge is -2.14. The van der Waals surface area contributed by atoms with Gasteiger partial charge in [-0.3, -0.25) is 9.59 Å². The molecule has 1 amide bonds. The van der Waals surface area contributed by atoms with E-state index in [1.165, 1.54) is 11.8 Å². The molecule has 0 aliphatic rings. The molecule has 0 spiro atoms. The summed E-state index contributed by atoms with van der Waals surface area (Å²) in [5, 5.41) is 12.0. The van der Waals surface area contributed by atoms with Crippen LogP contribution in [0.1, 0.15) is 34.7 Å². The van der Waals surface area contributed by atoms with Gasteiger partial charge in [0.1, 0.15) is 5.75 Å². The van der Waals surface area contributed by atoms with E-state index in [1.807, 2.05) is 50.4 Å². The Hall–Kier alpha value is -2.65. The number of carbonyl (C=O) groups excluding carboxylic acids is 2. The van der Waals surface area contributed by atoms with Crippen LogP contribution in [0.3, 0.4) is 0 Å². The molecule has 1 atom stereocenters. The molecule has 0 bridgehead atoms. The Labute approximate surface area is 193 Å². The van der Waals surface area contributed by atoms with Gasteiger partial charge < -0.3 is 14.6 Å². The number of Topliss-reactive ketones (excluding diaryl/α,β-unsaturated/α-hetero) is 1. The highest BCUT2D eigenvalue weighted by molar-refractivity contribution is 9.10. The molecule has 0 unspecified atom stereocenters. The van der Waals surface area contributed by atoms with Gasteiger partial charge in [-0.15, -0.1) is 10.2 Å². The number of thioether (sulfide) groups is 1. The van der Waals surface area contributed by atoms with Crippen molar-refractivity contribution in [3.8, 4) is 5.75 Å². The topological polar surface area (TPSA) is 86.1 Å². The zero-order valence-corrected chi connectivity index (χ0v) is 19.9. The molecule has 0 aliphatic carbocycles. The fourth-order valence-corrected chi connectivity index (χ4v) is 4.04. The van der Waals surface area contributed by atoms with E-state index in [9.17, 15) is 9.59 Å². The summed E-state index contributed by atoms with van der Waals surface area (Å²) in [6, 6.07) is 14.3. The number of hydrogen-bond donors (Lipinski definition) is 1. The fraction of sp³-hybridized carbons (Fsp3) is 0.273. The van der Waals surface area contributed by atoms with Crippen LogP contribution in [-0.2, 0) is 18.3 Å². The summed E-state index contributed by atoms with van der Waals surface area (Å²) >= 11 is 4.68. The standard InChI is InChI=1S/C22H23BrN4O3S/c1-14(24-20(29)12-15-4-10-18(30-3)11-5-15)21-25-26-22(27(21)2)31-13-19(28)16-6-8-17(23)9-7-16/h4-11,14H,12-13H2,1-3H3,(H,24,29)/t14-/m1/s1. The van der Waals surface area contributed by atoms with Gasteiger partial charge in [-0.1, -0.05) is 52.0 Å². The molecule has 9 heteroatoms. The molecule has 0 saturated carbocycles. The van der Waals surface area contributed by atoms with Gasteiger partial charge in [0, 0.05) is 17.1 Å². The second kappa shape index (κ2) is 10.6. The first kappa shape index (κ1) is 23.0. The molecule has 3 aromatic rings. The zero-order chi connectivity index (χ0) is 22.4. The van der Waals surface area contributed by atoms with Crippen molar-refractivity contribution >= 4 is 39.4 Å². The Morgan fingerprint density at radius 1 is 1.13 bits per heavy atom. The molecule has 1 N–H and O–H groups in total. The monoisotopic (exact) mass is 502 g/mol. The lowest BCUT2D eigenvalue weighted by atomic mass is 10.1. The van der Waals surface area contributed by atoms with Gasteiger partial charge in [0.15, 0.2) is 16.8 Å². The summed E-state index contributed by atoms with van der Waals surface area (Å²) in [6.07, 6.45) is 0.259. The van der Waals surface area contributed by atoms with Crippen molar-refractivity contribution < 1.29 is 14.3 Å². The smallest absolute Gasteiger partial charge is 0.224 e. The van der Waals surface area contributed by atoms with E-state index in [0.29, 0.717) is 16.5 Å². The maximum Gasteiger partial charge on any atom is 0.224 e. The number of benzene rings is 2. The SMILES string of the molecule is COc1ccc(CC(=O)N[C@H](C)c2nnc(SCC(=O)c3ccc(Br)cc3)n2C)cc1. The Balaban J connectivity index is 1.56. The molecule has 3 rings (SSSR count). The maximum absolute atomic E-state index is 12.4. The minimum atomic E-state index is -0.320. The number of ketones is 1. The van der Waals surface area contributed by atoms with Gasteiger partial charge in [0.05, 0.1) is 25.3 Å². The molecule has 162 valence electrons. The first-order valence-electron chi connectivity index (χ1n) is 9.60. The summed E-state index contributed by atoms with van der Waals surface area (Å²) in [5.74, 6) is 1.54. The number of amides is 1. The minimum absolute atomic E-state index is 0.0166. The van der Waals surface area contributed by atoms with Gasteiger partial charge in [-0.25, -0.2) is 0 Å². The van der Waals surface area contributed by atoms with E-state index in [2.05, 4.69) is 31.4 Å². The highest BCUT2D eigenvalue weighted by Crippen LogP contribution is 2.21.